The highest BCUT2D eigenvalue weighted by Gasteiger charge is 2.45. The van der Waals surface area contributed by atoms with Gasteiger partial charge in [0, 0.05) is 30.4 Å². The number of fused-ring (bicyclic) bond motifs is 5. The van der Waals surface area contributed by atoms with Crippen molar-refractivity contribution in [3.63, 3.8) is 0 Å². The van der Waals surface area contributed by atoms with E-state index in [-0.39, 0.29) is 23.2 Å². The highest BCUT2D eigenvalue weighted by molar-refractivity contribution is 5.75. The van der Waals surface area contributed by atoms with Crippen molar-refractivity contribution in [1.29, 1.82) is 0 Å². The fraction of sp³-hybridized carbons (Fsp3) is 0.600. The molecule has 7 rings (SSSR count). The van der Waals surface area contributed by atoms with Crippen molar-refractivity contribution < 1.29 is 0 Å². The minimum Gasteiger partial charge on any atom is -0.383 e. The van der Waals surface area contributed by atoms with Crippen molar-refractivity contribution >= 4 is 16.9 Å². The zero-order chi connectivity index (χ0) is 25.8. The van der Waals surface area contributed by atoms with Gasteiger partial charge in [-0.25, -0.2) is 14.3 Å². The Morgan fingerprint density at radius 2 is 1.45 bits per heavy atom. The van der Waals surface area contributed by atoms with Crippen LogP contribution in [0.2, 0.25) is 0 Å². The van der Waals surface area contributed by atoms with Gasteiger partial charge in [0.2, 0.25) is 5.82 Å². The predicted molar refractivity (Wildman–Crippen MR) is 148 cm³/mol. The number of benzene rings is 1. The Morgan fingerprint density at radius 1 is 0.737 bits per heavy atom. The first-order chi connectivity index (χ1) is 18.5. The van der Waals surface area contributed by atoms with Gasteiger partial charge in [-0.05, 0) is 75.0 Å². The Balaban J connectivity index is 1.26. The van der Waals surface area contributed by atoms with E-state index in [0.717, 1.165) is 35.7 Å². The van der Waals surface area contributed by atoms with E-state index in [0.29, 0.717) is 18.1 Å². The van der Waals surface area contributed by atoms with Crippen LogP contribution in [0, 0.1) is 11.8 Å². The first-order valence-corrected chi connectivity index (χ1v) is 14.7. The maximum absolute atomic E-state index is 14.1. The molecule has 8 heteroatoms. The lowest BCUT2D eigenvalue weighted by atomic mass is 9.73. The van der Waals surface area contributed by atoms with Gasteiger partial charge in [0.15, 0.2) is 0 Å². The molecular formula is C30H38N6O2. The molecule has 6 atom stereocenters. The van der Waals surface area contributed by atoms with Crippen molar-refractivity contribution in [2.75, 3.05) is 5.73 Å². The Hall–Kier alpha value is -3.00. The molecule has 38 heavy (non-hydrogen) atoms. The Bertz CT molecular complexity index is 1440. The molecule has 1 aromatic carbocycles. The summed E-state index contributed by atoms with van der Waals surface area (Å²) in [6, 6.07) is 11.2. The fourth-order valence-electron chi connectivity index (χ4n) is 8.54. The van der Waals surface area contributed by atoms with Gasteiger partial charge in [-0.3, -0.25) is 9.69 Å². The predicted octanol–water partition coefficient (Wildman–Crippen LogP) is 4.44. The lowest BCUT2D eigenvalue weighted by Crippen LogP contribution is -2.58. The maximum atomic E-state index is 14.1. The van der Waals surface area contributed by atoms with E-state index >= 15 is 0 Å². The molecule has 2 saturated heterocycles. The fourth-order valence-corrected chi connectivity index (χ4v) is 8.54. The summed E-state index contributed by atoms with van der Waals surface area (Å²) in [6.07, 6.45) is 17.0. The molecule has 2 aliphatic heterocycles. The zero-order valence-electron chi connectivity index (χ0n) is 22.0. The van der Waals surface area contributed by atoms with Crippen LogP contribution in [-0.4, -0.2) is 42.1 Å². The van der Waals surface area contributed by atoms with Gasteiger partial charge >= 0.3 is 5.69 Å². The smallest absolute Gasteiger partial charge is 0.355 e. The highest BCUT2D eigenvalue weighted by atomic mass is 16.2. The van der Waals surface area contributed by atoms with Crippen LogP contribution in [0.15, 0.2) is 46.1 Å². The summed E-state index contributed by atoms with van der Waals surface area (Å²) < 4.78 is 3.19. The molecular weight excluding hydrogens is 476 g/mol. The number of hydrogen-bond donors (Lipinski definition) is 1. The summed E-state index contributed by atoms with van der Waals surface area (Å²) in [6.45, 7) is 0. The molecule has 8 nitrogen and oxygen atoms in total. The van der Waals surface area contributed by atoms with Gasteiger partial charge < -0.3 is 10.3 Å². The molecule has 0 spiro atoms. The van der Waals surface area contributed by atoms with Crippen LogP contribution in [0.5, 0.6) is 0 Å². The lowest BCUT2D eigenvalue weighted by Gasteiger charge is -2.54. The van der Waals surface area contributed by atoms with E-state index < -0.39 is 5.69 Å². The number of anilines is 1. The summed E-state index contributed by atoms with van der Waals surface area (Å²) in [7, 11) is 0. The SMILES string of the molecule is Nc1ccn(-c2nc3ccccc3n(C3C[C@H]4CCC[C@@H](C3)N4[C@H]3C[C@@H]4CCCC[C@@H](C4)C3)c2=O)c(=O)n1. The van der Waals surface area contributed by atoms with E-state index in [1.807, 2.05) is 28.8 Å². The van der Waals surface area contributed by atoms with E-state index in [2.05, 4.69) is 14.9 Å². The lowest BCUT2D eigenvalue weighted by molar-refractivity contribution is -0.0420. The first-order valence-electron chi connectivity index (χ1n) is 14.7. The number of rotatable bonds is 3. The molecule has 3 aromatic rings. The monoisotopic (exact) mass is 514 g/mol. The molecule has 2 N–H and O–H groups in total. The molecule has 2 saturated carbocycles. The van der Waals surface area contributed by atoms with E-state index in [4.69, 9.17) is 5.73 Å². The standard InChI is InChI=1S/C30H38N6O2/c31-27-12-13-34(30(38)33-27)28-29(37)36(26-11-4-3-10-25(26)32-28)24-17-21-8-5-9-22(18-24)35(21)23-15-19-6-1-2-7-20(14-19)16-23/h3-4,10-13,19-24H,1-2,5-9,14-18H2,(H2,31,33,38)/t19-,20+,21-,22+,23+,24?. The van der Waals surface area contributed by atoms with Gasteiger partial charge in [-0.15, -0.1) is 0 Å². The molecule has 4 fully saturated rings. The van der Waals surface area contributed by atoms with Crippen LogP contribution < -0.4 is 17.0 Å². The van der Waals surface area contributed by atoms with Gasteiger partial charge in [-0.2, -0.15) is 4.98 Å². The van der Waals surface area contributed by atoms with Crippen molar-refractivity contribution in [2.45, 2.75) is 101 Å². The Labute approximate surface area is 222 Å². The molecule has 0 radical (unpaired) electrons. The van der Waals surface area contributed by atoms with E-state index in [1.165, 1.54) is 81.0 Å². The molecule has 2 aliphatic carbocycles. The van der Waals surface area contributed by atoms with Crippen LogP contribution in [0.3, 0.4) is 0 Å². The van der Waals surface area contributed by atoms with Crippen LogP contribution in [0.25, 0.3) is 16.9 Å². The molecule has 0 amide bonds. The van der Waals surface area contributed by atoms with E-state index in [9.17, 15) is 9.59 Å². The van der Waals surface area contributed by atoms with Gasteiger partial charge in [0.05, 0.1) is 11.0 Å². The van der Waals surface area contributed by atoms with Gasteiger partial charge in [0.25, 0.3) is 5.56 Å². The summed E-state index contributed by atoms with van der Waals surface area (Å²) >= 11 is 0. The second-order valence-corrected chi connectivity index (χ2v) is 12.3. The minimum absolute atomic E-state index is 0.0870. The molecule has 4 heterocycles. The third-order valence-electron chi connectivity index (χ3n) is 9.98. The van der Waals surface area contributed by atoms with Gasteiger partial charge in [-0.1, -0.05) is 44.2 Å². The average molecular weight is 515 g/mol. The topological polar surface area (TPSA) is 99.0 Å². The Morgan fingerprint density at radius 3 is 2.16 bits per heavy atom. The second kappa shape index (κ2) is 9.63. The molecule has 200 valence electrons. The molecule has 2 aromatic heterocycles. The molecule has 4 bridgehead atoms. The number of para-hydroxylation sites is 2. The quantitative estimate of drug-likeness (QED) is 0.555. The maximum Gasteiger partial charge on any atom is 0.355 e. The average Bonchev–Trinajstić information content (AvgIpc) is 3.07. The summed E-state index contributed by atoms with van der Waals surface area (Å²) in [5, 5.41) is 0. The minimum atomic E-state index is -0.582. The van der Waals surface area contributed by atoms with Crippen LogP contribution in [-0.2, 0) is 0 Å². The van der Waals surface area contributed by atoms with Crippen molar-refractivity contribution in [3.05, 3.63) is 57.4 Å². The van der Waals surface area contributed by atoms with Crippen LogP contribution in [0.1, 0.15) is 83.1 Å². The summed E-state index contributed by atoms with van der Waals surface area (Å²) in [5.74, 6) is 2.04. The number of hydrogen-bond acceptors (Lipinski definition) is 6. The number of nitrogens with two attached hydrogens (primary N) is 1. The number of nitrogen functional groups attached to an aromatic ring is 1. The van der Waals surface area contributed by atoms with Crippen LogP contribution in [0.4, 0.5) is 5.82 Å². The summed E-state index contributed by atoms with van der Waals surface area (Å²) in [5.41, 5.74) is 6.47. The Kier molecular flexibility index (Phi) is 6.10. The molecule has 4 aliphatic rings. The third kappa shape index (κ3) is 4.17. The normalized spacial score (nSPS) is 31.7. The van der Waals surface area contributed by atoms with E-state index in [1.54, 1.807) is 0 Å². The third-order valence-corrected chi connectivity index (χ3v) is 9.98. The number of aromatic nitrogens is 4. The van der Waals surface area contributed by atoms with Crippen molar-refractivity contribution in [2.24, 2.45) is 11.8 Å². The molecule has 1 unspecified atom stereocenters. The van der Waals surface area contributed by atoms with Gasteiger partial charge in [0.1, 0.15) is 5.82 Å². The number of piperidine rings is 2. The second-order valence-electron chi connectivity index (χ2n) is 12.3. The largest absolute Gasteiger partial charge is 0.383 e. The zero-order valence-corrected chi connectivity index (χ0v) is 22.0. The van der Waals surface area contributed by atoms with Crippen LogP contribution >= 0.6 is 0 Å². The number of nitrogens with zero attached hydrogens (tertiary/aromatic N) is 5. The van der Waals surface area contributed by atoms with Crippen molar-refractivity contribution in [1.82, 2.24) is 24.0 Å². The summed E-state index contributed by atoms with van der Waals surface area (Å²) in [4.78, 5) is 38.1. The van der Waals surface area contributed by atoms with Crippen molar-refractivity contribution in [3.8, 4) is 5.82 Å². The first kappa shape index (κ1) is 24.1. The highest BCUT2D eigenvalue weighted by Crippen LogP contribution is 2.47.